The summed E-state index contributed by atoms with van der Waals surface area (Å²) in [5.41, 5.74) is 0.526. The van der Waals surface area contributed by atoms with E-state index in [0.29, 0.717) is 30.1 Å². The summed E-state index contributed by atoms with van der Waals surface area (Å²) in [5, 5.41) is 2.97. The molecule has 6 heteroatoms. The molecule has 0 bridgehead atoms. The van der Waals surface area contributed by atoms with Gasteiger partial charge in [0.15, 0.2) is 11.5 Å². The molecule has 120 valence electrons. The van der Waals surface area contributed by atoms with Crippen molar-refractivity contribution in [3.8, 4) is 11.5 Å². The molecule has 1 amide bonds. The summed E-state index contributed by atoms with van der Waals surface area (Å²) in [7, 11) is 0. The number of hydrogen-bond donors (Lipinski definition) is 1. The van der Waals surface area contributed by atoms with Gasteiger partial charge in [-0.3, -0.25) is 9.59 Å². The van der Waals surface area contributed by atoms with E-state index in [1.54, 1.807) is 18.2 Å². The number of esters is 1. The number of carbonyl (C=O) groups excluding carboxylic acids is 2. The molecule has 1 aliphatic rings. The van der Waals surface area contributed by atoms with Crippen LogP contribution in [0.15, 0.2) is 18.2 Å². The van der Waals surface area contributed by atoms with Gasteiger partial charge in [0, 0.05) is 24.9 Å². The summed E-state index contributed by atoms with van der Waals surface area (Å²) in [4.78, 5) is 23.1. The van der Waals surface area contributed by atoms with E-state index < -0.39 is 0 Å². The zero-order chi connectivity index (χ0) is 15.9. The smallest absolute Gasteiger partial charge is 0.302 e. The summed E-state index contributed by atoms with van der Waals surface area (Å²) in [6.45, 7) is 3.91. The van der Waals surface area contributed by atoms with E-state index in [1.165, 1.54) is 6.92 Å². The molecule has 0 saturated carbocycles. The lowest BCUT2D eigenvalue weighted by molar-refractivity contribution is -0.141. The van der Waals surface area contributed by atoms with E-state index in [-0.39, 0.29) is 24.7 Å². The highest BCUT2D eigenvalue weighted by atomic mass is 16.7. The first kappa shape index (κ1) is 16.1. The van der Waals surface area contributed by atoms with Crippen molar-refractivity contribution in [3.63, 3.8) is 0 Å². The molecular weight excluding hydrogens is 286 g/mol. The van der Waals surface area contributed by atoms with Gasteiger partial charge in [0.1, 0.15) is 0 Å². The van der Waals surface area contributed by atoms with Gasteiger partial charge in [0.05, 0.1) is 6.61 Å². The summed E-state index contributed by atoms with van der Waals surface area (Å²) in [5.74, 6) is 0.757. The molecule has 0 aliphatic carbocycles. The van der Waals surface area contributed by atoms with Crippen LogP contribution in [0.1, 0.15) is 43.5 Å². The van der Waals surface area contributed by atoms with Crippen LogP contribution in [0.4, 0.5) is 0 Å². The van der Waals surface area contributed by atoms with Crippen molar-refractivity contribution in [3.05, 3.63) is 23.8 Å². The molecule has 1 unspecified atom stereocenters. The average Bonchev–Trinajstić information content (AvgIpc) is 2.94. The Hall–Kier alpha value is -2.24. The van der Waals surface area contributed by atoms with Crippen LogP contribution in [0.5, 0.6) is 11.5 Å². The number of ether oxygens (including phenoxy) is 3. The lowest BCUT2D eigenvalue weighted by atomic mass is 10.1. The van der Waals surface area contributed by atoms with Gasteiger partial charge >= 0.3 is 5.97 Å². The molecule has 22 heavy (non-hydrogen) atoms. The fraction of sp³-hybridized carbons (Fsp3) is 0.500. The number of nitrogens with one attached hydrogen (secondary N) is 1. The fourth-order valence-electron chi connectivity index (χ4n) is 2.29. The molecule has 1 aromatic carbocycles. The molecule has 6 nitrogen and oxygen atoms in total. The molecule has 0 radical (unpaired) electrons. The van der Waals surface area contributed by atoms with E-state index in [9.17, 15) is 9.59 Å². The number of rotatable bonds is 7. The number of hydrogen-bond acceptors (Lipinski definition) is 5. The fourth-order valence-corrected chi connectivity index (χ4v) is 2.29. The molecule has 0 fully saturated rings. The summed E-state index contributed by atoms with van der Waals surface area (Å²) < 4.78 is 15.4. The maximum absolute atomic E-state index is 12.3. The van der Waals surface area contributed by atoms with Crippen LogP contribution in [0, 0.1) is 0 Å². The van der Waals surface area contributed by atoms with Crippen LogP contribution in [0.2, 0.25) is 0 Å². The first-order valence-corrected chi connectivity index (χ1v) is 7.44. The van der Waals surface area contributed by atoms with Crippen LogP contribution in [-0.2, 0) is 9.53 Å². The van der Waals surface area contributed by atoms with Crippen molar-refractivity contribution in [1.82, 2.24) is 5.32 Å². The lowest BCUT2D eigenvalue weighted by Crippen LogP contribution is -2.35. The van der Waals surface area contributed by atoms with Gasteiger partial charge in [0.2, 0.25) is 6.79 Å². The Morgan fingerprint density at radius 2 is 2.05 bits per heavy atom. The van der Waals surface area contributed by atoms with Crippen molar-refractivity contribution in [2.45, 2.75) is 39.2 Å². The quantitative estimate of drug-likeness (QED) is 0.782. The van der Waals surface area contributed by atoms with Crippen molar-refractivity contribution in [1.29, 1.82) is 0 Å². The van der Waals surface area contributed by atoms with E-state index in [4.69, 9.17) is 14.2 Å². The van der Waals surface area contributed by atoms with Crippen molar-refractivity contribution in [2.75, 3.05) is 13.4 Å². The van der Waals surface area contributed by atoms with E-state index in [2.05, 4.69) is 5.32 Å². The predicted octanol–water partition coefficient (Wildman–Crippen LogP) is 2.27. The number of amides is 1. The maximum Gasteiger partial charge on any atom is 0.302 e. The Kier molecular flexibility index (Phi) is 5.63. The van der Waals surface area contributed by atoms with Gasteiger partial charge in [-0.2, -0.15) is 0 Å². The standard InChI is InChI=1S/C16H21NO5/c1-3-4-13(7-8-20-11(2)18)17-16(19)12-5-6-14-15(9-12)22-10-21-14/h5-6,9,13H,3-4,7-8,10H2,1-2H3,(H,17,19). The highest BCUT2D eigenvalue weighted by Crippen LogP contribution is 2.32. The van der Waals surface area contributed by atoms with Crippen molar-refractivity contribution < 1.29 is 23.8 Å². The van der Waals surface area contributed by atoms with Gasteiger partial charge < -0.3 is 19.5 Å². The number of benzene rings is 1. The Balaban J connectivity index is 1.93. The van der Waals surface area contributed by atoms with Crippen LogP contribution < -0.4 is 14.8 Å². The van der Waals surface area contributed by atoms with E-state index in [0.717, 1.165) is 12.8 Å². The summed E-state index contributed by atoms with van der Waals surface area (Å²) in [6, 6.07) is 5.08. The second kappa shape index (κ2) is 7.68. The van der Waals surface area contributed by atoms with Crippen LogP contribution in [0.25, 0.3) is 0 Å². The molecule has 1 aromatic rings. The topological polar surface area (TPSA) is 73.9 Å². The molecular formula is C16H21NO5. The third-order valence-corrected chi connectivity index (χ3v) is 3.38. The number of carbonyl (C=O) groups is 2. The molecule has 1 aliphatic heterocycles. The second-order valence-corrected chi connectivity index (χ2v) is 5.16. The first-order chi connectivity index (χ1) is 10.6. The SMILES string of the molecule is CCCC(CCOC(C)=O)NC(=O)c1ccc2c(c1)OCO2. The van der Waals surface area contributed by atoms with Gasteiger partial charge in [0.25, 0.3) is 5.91 Å². The Morgan fingerprint density at radius 1 is 1.27 bits per heavy atom. The van der Waals surface area contributed by atoms with Gasteiger partial charge in [-0.25, -0.2) is 0 Å². The normalized spacial score (nSPS) is 13.5. The zero-order valence-electron chi connectivity index (χ0n) is 12.9. The summed E-state index contributed by atoms with van der Waals surface area (Å²) in [6.07, 6.45) is 2.37. The summed E-state index contributed by atoms with van der Waals surface area (Å²) >= 11 is 0. The third kappa shape index (κ3) is 4.38. The van der Waals surface area contributed by atoms with E-state index in [1.807, 2.05) is 6.92 Å². The Labute approximate surface area is 129 Å². The molecule has 0 aromatic heterocycles. The van der Waals surface area contributed by atoms with Crippen molar-refractivity contribution in [2.24, 2.45) is 0 Å². The van der Waals surface area contributed by atoms with Crippen LogP contribution in [-0.4, -0.2) is 31.3 Å². The minimum absolute atomic E-state index is 0.0257. The monoisotopic (exact) mass is 307 g/mol. The average molecular weight is 307 g/mol. The van der Waals surface area contributed by atoms with Crippen LogP contribution >= 0.6 is 0 Å². The molecule has 0 saturated heterocycles. The Morgan fingerprint density at radius 3 is 2.77 bits per heavy atom. The van der Waals surface area contributed by atoms with Gasteiger partial charge in [-0.05, 0) is 24.6 Å². The molecule has 1 heterocycles. The zero-order valence-corrected chi connectivity index (χ0v) is 12.9. The lowest BCUT2D eigenvalue weighted by Gasteiger charge is -2.18. The highest BCUT2D eigenvalue weighted by Gasteiger charge is 2.18. The van der Waals surface area contributed by atoms with Gasteiger partial charge in [-0.15, -0.1) is 0 Å². The molecule has 1 N–H and O–H groups in total. The predicted molar refractivity (Wildman–Crippen MR) is 80.0 cm³/mol. The van der Waals surface area contributed by atoms with Gasteiger partial charge in [-0.1, -0.05) is 13.3 Å². The Bertz CT molecular complexity index is 543. The molecule has 0 spiro atoms. The second-order valence-electron chi connectivity index (χ2n) is 5.16. The molecule has 1 atom stereocenters. The first-order valence-electron chi connectivity index (χ1n) is 7.44. The van der Waals surface area contributed by atoms with Crippen LogP contribution in [0.3, 0.4) is 0 Å². The molecule has 2 rings (SSSR count). The third-order valence-electron chi connectivity index (χ3n) is 3.38. The largest absolute Gasteiger partial charge is 0.466 e. The minimum atomic E-state index is -0.308. The minimum Gasteiger partial charge on any atom is -0.466 e. The van der Waals surface area contributed by atoms with Crippen molar-refractivity contribution >= 4 is 11.9 Å². The highest BCUT2D eigenvalue weighted by molar-refractivity contribution is 5.95. The maximum atomic E-state index is 12.3. The number of fused-ring (bicyclic) bond motifs is 1. The van der Waals surface area contributed by atoms with E-state index >= 15 is 0 Å².